The maximum absolute atomic E-state index is 5.03. The highest BCUT2D eigenvalue weighted by Gasteiger charge is 2.26. The Hall–Kier alpha value is -3.85. The predicted molar refractivity (Wildman–Crippen MR) is 118 cm³/mol. The second-order valence-electron chi connectivity index (χ2n) is 7.70. The Bertz CT molecular complexity index is 1570. The average molecular weight is 371 g/mol. The van der Waals surface area contributed by atoms with Crippen LogP contribution in [0.25, 0.3) is 44.7 Å². The number of benzene rings is 4. The van der Waals surface area contributed by atoms with Gasteiger partial charge in [0.15, 0.2) is 0 Å². The van der Waals surface area contributed by atoms with E-state index in [-0.39, 0.29) is 0 Å². The molecule has 6 aromatic rings. The van der Waals surface area contributed by atoms with Gasteiger partial charge in [0.1, 0.15) is 0 Å². The first kappa shape index (κ1) is 15.1. The molecule has 0 atom stereocenters. The second-order valence-corrected chi connectivity index (χ2v) is 7.70. The first-order chi connectivity index (χ1) is 14.4. The van der Waals surface area contributed by atoms with Crippen LogP contribution in [0.1, 0.15) is 11.1 Å². The van der Waals surface area contributed by atoms with Crippen LogP contribution in [0.3, 0.4) is 0 Å². The average Bonchev–Trinajstić information content (AvgIpc) is 3.42. The van der Waals surface area contributed by atoms with Gasteiger partial charge >= 0.3 is 0 Å². The van der Waals surface area contributed by atoms with Crippen LogP contribution in [0.15, 0.2) is 91.0 Å². The molecule has 4 aromatic carbocycles. The van der Waals surface area contributed by atoms with Gasteiger partial charge in [0.25, 0.3) is 0 Å². The van der Waals surface area contributed by atoms with E-state index in [0.717, 1.165) is 28.9 Å². The third-order valence-corrected chi connectivity index (χ3v) is 6.16. The van der Waals surface area contributed by atoms with Gasteiger partial charge < -0.3 is 0 Å². The summed E-state index contributed by atoms with van der Waals surface area (Å²) in [6, 6.07) is 32.3. The van der Waals surface area contributed by atoms with Crippen molar-refractivity contribution >= 4 is 27.8 Å². The standard InChI is InChI=1S/C26H17N3/c1-2-9-18(10-3-1)28-25-21-16-17-8-4-5-11-19(17)20(21)14-15-24(25)29-23-13-7-6-12-22(23)27-26(28)29/h1-15H,16H2. The van der Waals surface area contributed by atoms with Gasteiger partial charge in [-0.1, -0.05) is 60.7 Å². The first-order valence-electron chi connectivity index (χ1n) is 9.97. The summed E-state index contributed by atoms with van der Waals surface area (Å²) >= 11 is 0. The van der Waals surface area contributed by atoms with E-state index in [1.807, 2.05) is 0 Å². The van der Waals surface area contributed by atoms with Gasteiger partial charge in [-0.2, -0.15) is 0 Å². The lowest BCUT2D eigenvalue weighted by molar-refractivity contribution is 1.10. The normalized spacial score (nSPS) is 12.7. The van der Waals surface area contributed by atoms with Crippen LogP contribution in [0.4, 0.5) is 0 Å². The number of para-hydroxylation sites is 3. The number of nitrogens with zero attached hydrogens (tertiary/aromatic N) is 3. The molecule has 1 aliphatic carbocycles. The van der Waals surface area contributed by atoms with Crippen molar-refractivity contribution in [2.45, 2.75) is 6.42 Å². The number of fused-ring (bicyclic) bond motifs is 9. The number of imidazole rings is 2. The Morgan fingerprint density at radius 3 is 2.38 bits per heavy atom. The van der Waals surface area contributed by atoms with E-state index in [0.29, 0.717) is 0 Å². The molecule has 0 N–H and O–H groups in total. The number of hydrogen-bond acceptors (Lipinski definition) is 1. The molecular weight excluding hydrogens is 354 g/mol. The van der Waals surface area contributed by atoms with Crippen LogP contribution in [0.2, 0.25) is 0 Å². The monoisotopic (exact) mass is 371 g/mol. The second kappa shape index (κ2) is 5.36. The maximum atomic E-state index is 5.03. The van der Waals surface area contributed by atoms with Crippen LogP contribution in [-0.4, -0.2) is 14.0 Å². The molecule has 0 fully saturated rings. The largest absolute Gasteiger partial charge is 0.278 e. The fraction of sp³-hybridized carbons (Fsp3) is 0.0385. The lowest BCUT2D eigenvalue weighted by atomic mass is 10.0. The van der Waals surface area contributed by atoms with Gasteiger partial charge in [-0.3, -0.25) is 8.97 Å². The molecule has 29 heavy (non-hydrogen) atoms. The Morgan fingerprint density at radius 1 is 0.655 bits per heavy atom. The third-order valence-electron chi connectivity index (χ3n) is 6.16. The summed E-state index contributed by atoms with van der Waals surface area (Å²) in [7, 11) is 0. The van der Waals surface area contributed by atoms with Crippen molar-refractivity contribution in [3.8, 4) is 16.8 Å². The molecule has 0 unspecified atom stereocenters. The summed E-state index contributed by atoms with van der Waals surface area (Å²) in [5, 5.41) is 0. The molecule has 0 amide bonds. The molecule has 1 aliphatic rings. The van der Waals surface area contributed by atoms with Gasteiger partial charge in [0, 0.05) is 12.1 Å². The lowest BCUT2D eigenvalue weighted by Gasteiger charge is -2.09. The van der Waals surface area contributed by atoms with Crippen LogP contribution < -0.4 is 0 Å². The zero-order valence-corrected chi connectivity index (χ0v) is 15.7. The SMILES string of the molecule is c1ccc(-n2c3c4c(ccc3n3c5ccccc5nc23)-c2ccccc2C4)cc1. The van der Waals surface area contributed by atoms with Crippen molar-refractivity contribution in [1.29, 1.82) is 0 Å². The van der Waals surface area contributed by atoms with Gasteiger partial charge in [-0.15, -0.1) is 0 Å². The minimum atomic E-state index is 0.959. The van der Waals surface area contributed by atoms with Gasteiger partial charge in [0.05, 0.1) is 22.1 Å². The highest BCUT2D eigenvalue weighted by atomic mass is 15.2. The molecule has 7 rings (SSSR count). The summed E-state index contributed by atoms with van der Waals surface area (Å²) in [4.78, 5) is 5.03. The van der Waals surface area contributed by atoms with E-state index < -0.39 is 0 Å². The summed E-state index contributed by atoms with van der Waals surface area (Å²) in [5.74, 6) is 0.969. The molecule has 136 valence electrons. The van der Waals surface area contributed by atoms with E-state index in [4.69, 9.17) is 4.98 Å². The van der Waals surface area contributed by atoms with E-state index in [9.17, 15) is 0 Å². The Labute approximate surface area is 167 Å². The minimum absolute atomic E-state index is 0.959. The van der Waals surface area contributed by atoms with Crippen molar-refractivity contribution in [3.63, 3.8) is 0 Å². The Morgan fingerprint density at radius 2 is 1.45 bits per heavy atom. The predicted octanol–water partition coefficient (Wildman–Crippen LogP) is 6.00. The fourth-order valence-electron chi connectivity index (χ4n) is 4.94. The minimum Gasteiger partial charge on any atom is -0.278 e. The maximum Gasteiger partial charge on any atom is 0.220 e. The van der Waals surface area contributed by atoms with Crippen LogP contribution in [0, 0.1) is 0 Å². The number of aromatic nitrogens is 3. The molecule has 0 bridgehead atoms. The van der Waals surface area contributed by atoms with Crippen molar-refractivity contribution in [3.05, 3.63) is 102 Å². The molecule has 0 saturated heterocycles. The van der Waals surface area contributed by atoms with Crippen LogP contribution in [-0.2, 0) is 6.42 Å². The van der Waals surface area contributed by atoms with Gasteiger partial charge in [-0.05, 0) is 52.6 Å². The van der Waals surface area contributed by atoms with Crippen LogP contribution in [0.5, 0.6) is 0 Å². The van der Waals surface area contributed by atoms with E-state index in [2.05, 4.69) is 100.0 Å². The number of hydrogen-bond donors (Lipinski definition) is 0. The van der Waals surface area contributed by atoms with E-state index in [1.165, 1.54) is 33.3 Å². The molecule has 2 heterocycles. The summed E-state index contributed by atoms with van der Waals surface area (Å²) in [5.41, 5.74) is 11.3. The van der Waals surface area contributed by atoms with E-state index >= 15 is 0 Å². The van der Waals surface area contributed by atoms with Crippen molar-refractivity contribution < 1.29 is 0 Å². The van der Waals surface area contributed by atoms with Gasteiger partial charge in [0.2, 0.25) is 5.78 Å². The smallest absolute Gasteiger partial charge is 0.220 e. The van der Waals surface area contributed by atoms with Crippen molar-refractivity contribution in [1.82, 2.24) is 14.0 Å². The summed E-state index contributed by atoms with van der Waals surface area (Å²) in [6.45, 7) is 0. The zero-order chi connectivity index (χ0) is 18.9. The summed E-state index contributed by atoms with van der Waals surface area (Å²) in [6.07, 6.45) is 0.959. The van der Waals surface area contributed by atoms with E-state index in [1.54, 1.807) is 0 Å². The molecule has 0 radical (unpaired) electrons. The first-order valence-corrected chi connectivity index (χ1v) is 9.97. The summed E-state index contributed by atoms with van der Waals surface area (Å²) < 4.78 is 4.64. The van der Waals surface area contributed by atoms with Gasteiger partial charge in [-0.25, -0.2) is 4.98 Å². The highest BCUT2D eigenvalue weighted by molar-refractivity contribution is 5.98. The fourth-order valence-corrected chi connectivity index (χ4v) is 4.94. The van der Waals surface area contributed by atoms with Crippen molar-refractivity contribution in [2.24, 2.45) is 0 Å². The molecule has 3 nitrogen and oxygen atoms in total. The molecule has 0 saturated carbocycles. The molecular formula is C26H17N3. The molecule has 0 aliphatic heterocycles. The number of rotatable bonds is 1. The van der Waals surface area contributed by atoms with Crippen molar-refractivity contribution in [2.75, 3.05) is 0 Å². The Balaban J connectivity index is 1.71. The molecule has 0 spiro atoms. The molecule has 3 heteroatoms. The van der Waals surface area contributed by atoms with Crippen LogP contribution >= 0.6 is 0 Å². The topological polar surface area (TPSA) is 22.2 Å². The lowest BCUT2D eigenvalue weighted by Crippen LogP contribution is -1.97. The Kier molecular flexibility index (Phi) is 2.79. The quantitative estimate of drug-likeness (QED) is 0.347. The zero-order valence-electron chi connectivity index (χ0n) is 15.7. The third kappa shape index (κ3) is 1.89. The highest BCUT2D eigenvalue weighted by Crippen LogP contribution is 2.42. The molecule has 2 aromatic heterocycles.